The highest BCUT2D eigenvalue weighted by molar-refractivity contribution is 5.76. The lowest BCUT2D eigenvalue weighted by molar-refractivity contribution is -0.686. The van der Waals surface area contributed by atoms with Crippen LogP contribution in [0.5, 0.6) is 0 Å². The monoisotopic (exact) mass is 632 g/mol. The zero-order valence-corrected chi connectivity index (χ0v) is 29.6. The van der Waals surface area contributed by atoms with E-state index in [4.69, 9.17) is 19.9 Å². The Hall–Kier alpha value is -2.19. The molecular weight excluding hydrogens is 566 g/mol. The first-order valence-electron chi connectivity index (χ1n) is 18.0. The fraction of sp³-hybridized carbons (Fsp3) is 0.811. The van der Waals surface area contributed by atoms with Crippen molar-refractivity contribution in [3.05, 3.63) is 29.1 Å². The number of amides is 1. The number of aromatic nitrogens is 1. The first kappa shape index (κ1) is 39.0. The number of pyridine rings is 1. The van der Waals surface area contributed by atoms with Gasteiger partial charge in [0.15, 0.2) is 11.7 Å². The molecule has 3 unspecified atom stereocenters. The van der Waals surface area contributed by atoms with Gasteiger partial charge in [0.25, 0.3) is 0 Å². The summed E-state index contributed by atoms with van der Waals surface area (Å²) in [5.41, 5.74) is 7.73. The molecule has 3 atom stereocenters. The standard InChI is InChI=1S/C37H65N3O5/c1-7-8-9-10-11-12-13-14-15-16-17-18-19-20-21-22-25-39-35(42)44-29-37(5)24-23-36(4,45-37)28-43-34(41)33(38)32-27-30(2)26-31(3)40(32)6/h26-27,33H,7-25,28-29,38H2,1-6H3/p+1. The Balaban J connectivity index is 1.50. The van der Waals surface area contributed by atoms with E-state index in [-0.39, 0.29) is 13.2 Å². The van der Waals surface area contributed by atoms with Gasteiger partial charge in [-0.1, -0.05) is 103 Å². The number of esters is 1. The summed E-state index contributed by atoms with van der Waals surface area (Å²) in [4.78, 5) is 25.1. The third-order valence-corrected chi connectivity index (χ3v) is 9.30. The van der Waals surface area contributed by atoms with Crippen LogP contribution in [0.1, 0.15) is 159 Å². The molecule has 1 fully saturated rings. The van der Waals surface area contributed by atoms with E-state index in [2.05, 4.69) is 12.2 Å². The van der Waals surface area contributed by atoms with E-state index in [0.717, 1.165) is 24.1 Å². The molecule has 1 aromatic rings. The second-order valence-electron chi connectivity index (χ2n) is 14.1. The van der Waals surface area contributed by atoms with Crippen molar-refractivity contribution in [2.75, 3.05) is 19.8 Å². The molecule has 45 heavy (non-hydrogen) atoms. The average Bonchev–Trinajstić information content (AvgIpc) is 3.32. The van der Waals surface area contributed by atoms with E-state index in [1.165, 1.54) is 89.9 Å². The van der Waals surface area contributed by atoms with Gasteiger partial charge in [-0.15, -0.1) is 0 Å². The number of rotatable bonds is 23. The number of nitrogens with one attached hydrogen (secondary N) is 1. The van der Waals surface area contributed by atoms with E-state index >= 15 is 0 Å². The number of hydrogen-bond acceptors (Lipinski definition) is 6. The summed E-state index contributed by atoms with van der Waals surface area (Å²) in [6.07, 6.45) is 22.2. The molecule has 1 saturated heterocycles. The largest absolute Gasteiger partial charge is 0.461 e. The minimum Gasteiger partial charge on any atom is -0.461 e. The lowest BCUT2D eigenvalue weighted by atomic mass is 9.99. The number of hydrogen-bond donors (Lipinski definition) is 2. The Morgan fingerprint density at radius 1 is 0.822 bits per heavy atom. The van der Waals surface area contributed by atoms with E-state index in [1.807, 2.05) is 51.4 Å². The van der Waals surface area contributed by atoms with E-state index in [9.17, 15) is 9.59 Å². The highest BCUT2D eigenvalue weighted by atomic mass is 16.6. The van der Waals surface area contributed by atoms with Crippen LogP contribution in [0.4, 0.5) is 4.79 Å². The second kappa shape index (κ2) is 20.8. The van der Waals surface area contributed by atoms with E-state index in [1.54, 1.807) is 0 Å². The Labute approximate surface area is 274 Å². The summed E-state index contributed by atoms with van der Waals surface area (Å²) in [6, 6.07) is 3.07. The predicted octanol–water partition coefficient (Wildman–Crippen LogP) is 7.99. The van der Waals surface area contributed by atoms with Crippen molar-refractivity contribution >= 4 is 12.1 Å². The fourth-order valence-electron chi connectivity index (χ4n) is 6.30. The number of nitrogens with zero attached hydrogens (tertiary/aromatic N) is 1. The minimum atomic E-state index is -0.883. The molecule has 3 N–H and O–H groups in total. The summed E-state index contributed by atoms with van der Waals surface area (Å²) in [6.45, 7) is 11.0. The normalized spacial score (nSPS) is 20.2. The Bertz CT molecular complexity index is 1020. The summed E-state index contributed by atoms with van der Waals surface area (Å²) in [7, 11) is 1.89. The second-order valence-corrected chi connectivity index (χ2v) is 14.1. The SMILES string of the molecule is CCCCCCCCCCCCCCCCCCNC(=O)OCC1(C)CCC(C)(COC(=O)C(N)c2cc(C)cc(C)[n+]2C)O1. The van der Waals surface area contributed by atoms with Gasteiger partial charge in [0.2, 0.25) is 5.69 Å². The van der Waals surface area contributed by atoms with E-state index < -0.39 is 29.3 Å². The van der Waals surface area contributed by atoms with Crippen molar-refractivity contribution in [1.82, 2.24) is 5.32 Å². The fourth-order valence-corrected chi connectivity index (χ4v) is 6.30. The number of carbonyl (C=O) groups is 2. The molecule has 2 heterocycles. The molecule has 8 heteroatoms. The van der Waals surface area contributed by atoms with Crippen molar-refractivity contribution in [2.45, 2.75) is 167 Å². The molecule has 0 aromatic carbocycles. The lowest BCUT2D eigenvalue weighted by Gasteiger charge is -2.30. The molecule has 1 aromatic heterocycles. The topological polar surface area (TPSA) is 104 Å². The summed E-state index contributed by atoms with van der Waals surface area (Å²) in [5.74, 6) is -0.487. The molecule has 1 aliphatic heterocycles. The molecule has 0 radical (unpaired) electrons. The van der Waals surface area contributed by atoms with Gasteiger partial charge in [-0.05, 0) is 45.6 Å². The van der Waals surface area contributed by atoms with Crippen molar-refractivity contribution in [2.24, 2.45) is 12.8 Å². The van der Waals surface area contributed by atoms with Crippen LogP contribution >= 0.6 is 0 Å². The number of nitrogens with two attached hydrogens (primary N) is 1. The molecule has 258 valence electrons. The first-order chi connectivity index (χ1) is 21.5. The number of ether oxygens (including phenoxy) is 3. The van der Waals surface area contributed by atoms with Crippen LogP contribution in [0.3, 0.4) is 0 Å². The van der Waals surface area contributed by atoms with Crippen molar-refractivity contribution in [1.29, 1.82) is 0 Å². The maximum atomic E-state index is 12.8. The third-order valence-electron chi connectivity index (χ3n) is 9.30. The Morgan fingerprint density at radius 3 is 1.80 bits per heavy atom. The molecule has 0 aliphatic carbocycles. The van der Waals surface area contributed by atoms with Crippen LogP contribution in [-0.2, 0) is 26.1 Å². The molecule has 1 aliphatic rings. The van der Waals surface area contributed by atoms with Crippen molar-refractivity contribution in [3.8, 4) is 0 Å². The minimum absolute atomic E-state index is 0.0923. The summed E-state index contributed by atoms with van der Waals surface area (Å²) in [5, 5.41) is 2.87. The maximum Gasteiger partial charge on any atom is 0.407 e. The summed E-state index contributed by atoms with van der Waals surface area (Å²) >= 11 is 0. The number of aryl methyl sites for hydroxylation is 2. The van der Waals surface area contributed by atoms with Gasteiger partial charge in [-0.2, -0.15) is 0 Å². The van der Waals surface area contributed by atoms with E-state index in [0.29, 0.717) is 25.1 Å². The van der Waals surface area contributed by atoms with Crippen molar-refractivity contribution < 1.29 is 28.4 Å². The Morgan fingerprint density at radius 2 is 1.29 bits per heavy atom. The van der Waals surface area contributed by atoms with Crippen LogP contribution in [0.2, 0.25) is 0 Å². The molecule has 0 saturated carbocycles. The summed E-state index contributed by atoms with van der Waals surface area (Å²) < 4.78 is 19.3. The number of alkyl carbamates (subject to hydrolysis) is 1. The smallest absolute Gasteiger partial charge is 0.407 e. The lowest BCUT2D eigenvalue weighted by Crippen LogP contribution is -2.44. The molecule has 1 amide bonds. The van der Waals surface area contributed by atoms with Crippen LogP contribution in [-0.4, -0.2) is 43.0 Å². The number of carbonyl (C=O) groups excluding carboxylic acids is 2. The predicted molar refractivity (Wildman–Crippen MR) is 181 cm³/mol. The highest BCUT2D eigenvalue weighted by Crippen LogP contribution is 2.38. The van der Waals surface area contributed by atoms with Crippen LogP contribution in [0, 0.1) is 13.8 Å². The third kappa shape index (κ3) is 15.3. The maximum absolute atomic E-state index is 12.8. The molecular formula is C37H66N3O5+. The quantitative estimate of drug-likeness (QED) is 0.0720. The van der Waals surface area contributed by atoms with Crippen LogP contribution < -0.4 is 15.6 Å². The number of unbranched alkanes of at least 4 members (excludes halogenated alkanes) is 15. The van der Waals surface area contributed by atoms with Crippen LogP contribution in [0.15, 0.2) is 12.1 Å². The van der Waals surface area contributed by atoms with Crippen molar-refractivity contribution in [3.63, 3.8) is 0 Å². The van der Waals surface area contributed by atoms with Gasteiger partial charge in [0.05, 0.1) is 0 Å². The van der Waals surface area contributed by atoms with Gasteiger partial charge in [-0.25, -0.2) is 14.2 Å². The Kier molecular flexibility index (Phi) is 18.1. The first-order valence-corrected chi connectivity index (χ1v) is 18.0. The van der Waals surface area contributed by atoms with Gasteiger partial charge < -0.3 is 25.3 Å². The van der Waals surface area contributed by atoms with Gasteiger partial charge in [0, 0.05) is 25.6 Å². The highest BCUT2D eigenvalue weighted by Gasteiger charge is 2.45. The molecule has 0 spiro atoms. The van der Waals surface area contributed by atoms with Gasteiger partial charge in [-0.3, -0.25) is 0 Å². The van der Waals surface area contributed by atoms with Crippen LogP contribution in [0.25, 0.3) is 0 Å². The zero-order valence-electron chi connectivity index (χ0n) is 29.6. The van der Waals surface area contributed by atoms with Gasteiger partial charge >= 0.3 is 12.1 Å². The average molecular weight is 633 g/mol. The molecule has 2 rings (SSSR count). The zero-order chi connectivity index (χ0) is 33.1. The van der Waals surface area contributed by atoms with Gasteiger partial charge in [0.1, 0.15) is 31.5 Å². The molecule has 8 nitrogen and oxygen atoms in total. The molecule has 0 bridgehead atoms.